The highest BCUT2D eigenvalue weighted by Crippen LogP contribution is 2.30. The van der Waals surface area contributed by atoms with E-state index in [1.807, 2.05) is 44.3 Å². The standard InChI is InChI=1S/C22H17F2N5OS/c1-12-3-4-14(20-27-28-22(31)29(20)2)9-16(12)13-5-7-15(8-6-13)26-21(30)19-17(23)10-25-11-18(19)24/h3-11H,1-2H3,(H,26,30)(H,28,31). The predicted molar refractivity (Wildman–Crippen MR) is 116 cm³/mol. The van der Waals surface area contributed by atoms with Gasteiger partial charge < -0.3 is 9.88 Å². The van der Waals surface area contributed by atoms with Crippen LogP contribution in [0.15, 0.2) is 60.0 Å². The van der Waals surface area contributed by atoms with Gasteiger partial charge >= 0.3 is 0 Å². The number of nitrogens with zero attached hydrogens (tertiary/aromatic N) is 4. The van der Waals surface area contributed by atoms with Crippen molar-refractivity contribution in [2.24, 2.45) is 7.05 Å². The Labute approximate surface area is 182 Å². The van der Waals surface area contributed by atoms with E-state index in [1.165, 1.54) is 0 Å². The van der Waals surface area contributed by atoms with E-state index in [9.17, 15) is 13.6 Å². The van der Waals surface area contributed by atoms with Crippen molar-refractivity contribution in [3.05, 3.63) is 77.6 Å². The zero-order valence-corrected chi connectivity index (χ0v) is 17.5. The maximum atomic E-state index is 13.8. The molecule has 4 aromatic rings. The maximum Gasteiger partial charge on any atom is 0.261 e. The van der Waals surface area contributed by atoms with Crippen LogP contribution in [-0.4, -0.2) is 25.7 Å². The van der Waals surface area contributed by atoms with E-state index in [0.717, 1.165) is 34.6 Å². The van der Waals surface area contributed by atoms with Gasteiger partial charge in [-0.2, -0.15) is 0 Å². The zero-order chi connectivity index (χ0) is 22.1. The maximum absolute atomic E-state index is 13.8. The number of carbonyl (C=O) groups is 1. The summed E-state index contributed by atoms with van der Waals surface area (Å²) in [5.41, 5.74) is 3.56. The first-order chi connectivity index (χ1) is 14.8. The molecule has 0 radical (unpaired) electrons. The fraction of sp³-hybridized carbons (Fsp3) is 0.0909. The lowest BCUT2D eigenvalue weighted by Gasteiger charge is -2.11. The molecular formula is C22H17F2N5OS. The fourth-order valence-corrected chi connectivity index (χ4v) is 3.34. The quantitative estimate of drug-likeness (QED) is 0.455. The van der Waals surface area contributed by atoms with E-state index in [-0.39, 0.29) is 0 Å². The van der Waals surface area contributed by atoms with Crippen LogP contribution in [-0.2, 0) is 7.05 Å². The van der Waals surface area contributed by atoms with Gasteiger partial charge in [-0.15, -0.1) is 22.8 Å². The molecule has 0 aliphatic carbocycles. The van der Waals surface area contributed by atoms with Gasteiger partial charge in [0.15, 0.2) is 22.6 Å². The second-order valence-electron chi connectivity index (χ2n) is 6.92. The highest BCUT2D eigenvalue weighted by atomic mass is 32.1. The number of nitrogens with one attached hydrogen (secondary N) is 1. The summed E-state index contributed by atoms with van der Waals surface area (Å²) in [6.07, 6.45) is 1.59. The van der Waals surface area contributed by atoms with Crippen LogP contribution in [0, 0.1) is 18.6 Å². The molecule has 0 aliphatic rings. The van der Waals surface area contributed by atoms with Gasteiger partial charge in [0.05, 0.1) is 12.4 Å². The van der Waals surface area contributed by atoms with Crippen molar-refractivity contribution < 1.29 is 13.6 Å². The largest absolute Gasteiger partial charge is 0.322 e. The third-order valence-corrected chi connectivity index (χ3v) is 5.27. The number of thiol groups is 1. The molecule has 0 fully saturated rings. The van der Waals surface area contributed by atoms with Gasteiger partial charge in [-0.25, -0.2) is 8.78 Å². The van der Waals surface area contributed by atoms with Crippen molar-refractivity contribution in [3.8, 4) is 22.5 Å². The van der Waals surface area contributed by atoms with E-state index in [1.54, 1.807) is 16.7 Å². The molecule has 0 atom stereocenters. The molecule has 9 heteroatoms. The number of hydrogen-bond acceptors (Lipinski definition) is 5. The molecule has 0 bridgehead atoms. The molecular weight excluding hydrogens is 420 g/mol. The number of amides is 1. The molecule has 4 rings (SSSR count). The Balaban J connectivity index is 1.61. The Morgan fingerprint density at radius 3 is 2.26 bits per heavy atom. The summed E-state index contributed by atoms with van der Waals surface area (Å²) in [4.78, 5) is 15.6. The van der Waals surface area contributed by atoms with Gasteiger partial charge in [0.2, 0.25) is 0 Å². The van der Waals surface area contributed by atoms with Crippen LogP contribution in [0.25, 0.3) is 22.5 Å². The number of rotatable bonds is 4. The Morgan fingerprint density at radius 2 is 1.65 bits per heavy atom. The smallest absolute Gasteiger partial charge is 0.261 e. The van der Waals surface area contributed by atoms with Gasteiger partial charge in [0.25, 0.3) is 5.91 Å². The molecule has 31 heavy (non-hydrogen) atoms. The van der Waals surface area contributed by atoms with Crippen molar-refractivity contribution in [1.29, 1.82) is 0 Å². The van der Waals surface area contributed by atoms with Crippen LogP contribution >= 0.6 is 12.6 Å². The van der Waals surface area contributed by atoms with E-state index in [4.69, 9.17) is 0 Å². The topological polar surface area (TPSA) is 72.7 Å². The number of hydrogen-bond donors (Lipinski definition) is 2. The first kappa shape index (κ1) is 20.7. The molecule has 0 spiro atoms. The lowest BCUT2D eigenvalue weighted by atomic mass is 9.97. The Kier molecular flexibility index (Phi) is 5.51. The average molecular weight is 437 g/mol. The minimum atomic E-state index is -1.02. The molecule has 2 aromatic heterocycles. The first-order valence-electron chi connectivity index (χ1n) is 9.25. The molecule has 1 N–H and O–H groups in total. The number of carbonyl (C=O) groups excluding carboxylic acids is 1. The Morgan fingerprint density at radius 1 is 1.00 bits per heavy atom. The molecule has 1 amide bonds. The minimum absolute atomic E-state index is 0.409. The van der Waals surface area contributed by atoms with Crippen LogP contribution in [0.1, 0.15) is 15.9 Å². The average Bonchev–Trinajstić information content (AvgIpc) is 3.07. The van der Waals surface area contributed by atoms with E-state index < -0.39 is 23.1 Å². The van der Waals surface area contributed by atoms with E-state index >= 15 is 0 Å². The van der Waals surface area contributed by atoms with Crippen LogP contribution < -0.4 is 5.32 Å². The van der Waals surface area contributed by atoms with E-state index in [0.29, 0.717) is 16.7 Å². The Bertz CT molecular complexity index is 1270. The predicted octanol–water partition coefficient (Wildman–Crippen LogP) is 4.67. The molecule has 6 nitrogen and oxygen atoms in total. The summed E-state index contributed by atoms with van der Waals surface area (Å²) in [5.74, 6) is -2.23. The second-order valence-corrected chi connectivity index (χ2v) is 7.32. The van der Waals surface area contributed by atoms with Crippen molar-refractivity contribution in [2.75, 3.05) is 5.32 Å². The summed E-state index contributed by atoms with van der Waals surface area (Å²) in [6.45, 7) is 1.99. The summed E-state index contributed by atoms with van der Waals surface area (Å²) >= 11 is 4.27. The summed E-state index contributed by atoms with van der Waals surface area (Å²) in [6, 6.07) is 12.9. The SMILES string of the molecule is Cc1ccc(-c2nnc(S)n2C)cc1-c1ccc(NC(=O)c2c(F)cncc2F)cc1. The highest BCUT2D eigenvalue weighted by Gasteiger charge is 2.18. The fourth-order valence-electron chi connectivity index (χ4n) is 3.20. The molecule has 0 unspecified atom stereocenters. The van der Waals surface area contributed by atoms with Gasteiger partial charge in [0.1, 0.15) is 5.56 Å². The number of aryl methyl sites for hydroxylation is 1. The van der Waals surface area contributed by atoms with E-state index in [2.05, 4.69) is 33.1 Å². The molecule has 0 saturated heterocycles. The van der Waals surface area contributed by atoms with Crippen molar-refractivity contribution in [1.82, 2.24) is 19.7 Å². The lowest BCUT2D eigenvalue weighted by Crippen LogP contribution is -2.16. The molecule has 0 aliphatic heterocycles. The van der Waals surface area contributed by atoms with Gasteiger partial charge in [0, 0.05) is 18.3 Å². The minimum Gasteiger partial charge on any atom is -0.322 e. The van der Waals surface area contributed by atoms with Crippen LogP contribution in [0.4, 0.5) is 14.5 Å². The number of aromatic nitrogens is 4. The van der Waals surface area contributed by atoms with Crippen molar-refractivity contribution >= 4 is 24.2 Å². The summed E-state index contributed by atoms with van der Waals surface area (Å²) in [5, 5.41) is 11.2. The van der Waals surface area contributed by atoms with Gasteiger partial charge in [-0.1, -0.05) is 24.3 Å². The van der Waals surface area contributed by atoms with Crippen molar-refractivity contribution in [2.45, 2.75) is 12.1 Å². The first-order valence-corrected chi connectivity index (χ1v) is 9.70. The summed E-state index contributed by atoms with van der Waals surface area (Å²) in [7, 11) is 1.84. The molecule has 156 valence electrons. The molecule has 2 heterocycles. The number of benzene rings is 2. The number of anilines is 1. The molecule has 0 saturated carbocycles. The second kappa shape index (κ2) is 8.27. The summed E-state index contributed by atoms with van der Waals surface area (Å²) < 4.78 is 29.3. The van der Waals surface area contributed by atoms with Crippen LogP contribution in [0.2, 0.25) is 0 Å². The monoisotopic (exact) mass is 437 g/mol. The highest BCUT2D eigenvalue weighted by molar-refractivity contribution is 7.80. The zero-order valence-electron chi connectivity index (χ0n) is 16.6. The molecule has 2 aromatic carbocycles. The van der Waals surface area contributed by atoms with Gasteiger partial charge in [-0.05, 0) is 41.8 Å². The third kappa shape index (κ3) is 4.04. The number of halogens is 2. The normalized spacial score (nSPS) is 10.9. The van der Waals surface area contributed by atoms with Crippen LogP contribution in [0.5, 0.6) is 0 Å². The third-order valence-electron chi connectivity index (χ3n) is 4.88. The number of pyridine rings is 1. The lowest BCUT2D eigenvalue weighted by molar-refractivity contribution is 0.101. The van der Waals surface area contributed by atoms with Crippen LogP contribution in [0.3, 0.4) is 0 Å². The van der Waals surface area contributed by atoms with Crippen molar-refractivity contribution in [3.63, 3.8) is 0 Å². The Hall–Kier alpha value is -3.59. The van der Waals surface area contributed by atoms with Gasteiger partial charge in [-0.3, -0.25) is 9.78 Å².